The summed E-state index contributed by atoms with van der Waals surface area (Å²) in [4.78, 5) is 11.9. The first-order chi connectivity index (χ1) is 11.7. The van der Waals surface area contributed by atoms with Crippen molar-refractivity contribution in [3.63, 3.8) is 0 Å². The van der Waals surface area contributed by atoms with Gasteiger partial charge in [0, 0.05) is 11.4 Å². The quantitative estimate of drug-likeness (QED) is 0.578. The zero-order chi connectivity index (χ0) is 16.9. The van der Waals surface area contributed by atoms with Crippen molar-refractivity contribution in [1.29, 1.82) is 0 Å². The Morgan fingerprint density at radius 1 is 1.04 bits per heavy atom. The van der Waals surface area contributed by atoms with Crippen LogP contribution in [0, 0.1) is 12.7 Å². The maximum Gasteiger partial charge on any atom is 0.274 e. The molecule has 5 heteroatoms. The largest absolute Gasteiger partial charge is 0.313 e. The molecule has 0 saturated carbocycles. The maximum absolute atomic E-state index is 13.6. The van der Waals surface area contributed by atoms with Crippen LogP contribution in [0.3, 0.4) is 0 Å². The Kier molecular flexibility index (Phi) is 4.52. The third kappa shape index (κ3) is 3.25. The zero-order valence-electron chi connectivity index (χ0n) is 13.1. The van der Waals surface area contributed by atoms with E-state index < -0.39 is 11.7 Å². The molecule has 24 heavy (non-hydrogen) atoms. The van der Waals surface area contributed by atoms with Crippen LogP contribution in [0.1, 0.15) is 21.7 Å². The van der Waals surface area contributed by atoms with Crippen LogP contribution in [-0.2, 0) is 0 Å². The van der Waals surface area contributed by atoms with Crippen molar-refractivity contribution in [1.82, 2.24) is 9.99 Å². The zero-order valence-corrected chi connectivity index (χ0v) is 13.1. The molecule has 3 rings (SSSR count). The van der Waals surface area contributed by atoms with Gasteiger partial charge in [0.25, 0.3) is 5.91 Å². The number of nitrogens with one attached hydrogen (secondary N) is 1. The van der Waals surface area contributed by atoms with Crippen LogP contribution in [-0.4, -0.2) is 16.7 Å². The lowest BCUT2D eigenvalue weighted by molar-refractivity contribution is 0.0951. The molecular weight excluding hydrogens is 305 g/mol. The topological polar surface area (TPSA) is 46.4 Å². The number of nitrogens with zero attached hydrogens (tertiary/aromatic N) is 2. The van der Waals surface area contributed by atoms with Gasteiger partial charge in [0.05, 0.1) is 17.5 Å². The van der Waals surface area contributed by atoms with Crippen LogP contribution in [0.2, 0.25) is 0 Å². The van der Waals surface area contributed by atoms with Crippen LogP contribution in [0.15, 0.2) is 71.8 Å². The smallest absolute Gasteiger partial charge is 0.274 e. The Hall–Kier alpha value is -3.21. The molecule has 0 atom stereocenters. The van der Waals surface area contributed by atoms with Crippen LogP contribution in [0.4, 0.5) is 4.39 Å². The Morgan fingerprint density at radius 2 is 1.75 bits per heavy atom. The monoisotopic (exact) mass is 321 g/mol. The van der Waals surface area contributed by atoms with E-state index in [2.05, 4.69) is 10.5 Å². The van der Waals surface area contributed by atoms with E-state index in [9.17, 15) is 9.18 Å². The Morgan fingerprint density at radius 3 is 2.50 bits per heavy atom. The number of para-hydroxylation sites is 1. The lowest BCUT2D eigenvalue weighted by Crippen LogP contribution is -2.19. The molecule has 1 amide bonds. The van der Waals surface area contributed by atoms with E-state index in [1.54, 1.807) is 12.3 Å². The summed E-state index contributed by atoms with van der Waals surface area (Å²) in [6.07, 6.45) is 1.54. The number of hydrazone groups is 1. The van der Waals surface area contributed by atoms with E-state index in [4.69, 9.17) is 0 Å². The molecule has 0 bridgehead atoms. The van der Waals surface area contributed by atoms with Gasteiger partial charge in [-0.15, -0.1) is 0 Å². The summed E-state index contributed by atoms with van der Waals surface area (Å²) in [7, 11) is 0. The van der Waals surface area contributed by atoms with Gasteiger partial charge in [0.15, 0.2) is 0 Å². The SMILES string of the molecule is Cc1ccc(/C=N/NC(=O)c2ccccc2F)n1-c1ccccc1. The highest BCUT2D eigenvalue weighted by Gasteiger charge is 2.10. The molecule has 0 radical (unpaired) electrons. The lowest BCUT2D eigenvalue weighted by atomic mass is 10.2. The van der Waals surface area contributed by atoms with Crippen LogP contribution in [0.5, 0.6) is 0 Å². The maximum atomic E-state index is 13.6. The number of amides is 1. The summed E-state index contributed by atoms with van der Waals surface area (Å²) in [5.41, 5.74) is 5.17. The predicted octanol–water partition coefficient (Wildman–Crippen LogP) is 3.69. The highest BCUT2D eigenvalue weighted by atomic mass is 19.1. The number of carbonyl (C=O) groups is 1. The summed E-state index contributed by atoms with van der Waals surface area (Å²) in [6.45, 7) is 1.99. The molecule has 0 spiro atoms. The minimum absolute atomic E-state index is 0.0377. The third-order valence-corrected chi connectivity index (χ3v) is 3.60. The first-order valence-electron chi connectivity index (χ1n) is 7.48. The van der Waals surface area contributed by atoms with E-state index >= 15 is 0 Å². The Balaban J connectivity index is 1.79. The fraction of sp³-hybridized carbons (Fsp3) is 0.0526. The number of hydrogen-bond donors (Lipinski definition) is 1. The molecule has 1 aromatic heterocycles. The summed E-state index contributed by atoms with van der Waals surface area (Å²) >= 11 is 0. The molecule has 0 aliphatic carbocycles. The fourth-order valence-corrected chi connectivity index (χ4v) is 2.45. The third-order valence-electron chi connectivity index (χ3n) is 3.60. The highest BCUT2D eigenvalue weighted by molar-refractivity contribution is 5.95. The minimum atomic E-state index is -0.584. The second-order valence-electron chi connectivity index (χ2n) is 5.25. The molecule has 0 aliphatic heterocycles. The van der Waals surface area contributed by atoms with Gasteiger partial charge < -0.3 is 4.57 Å². The summed E-state index contributed by atoms with van der Waals surface area (Å²) in [5, 5.41) is 3.95. The van der Waals surface area contributed by atoms with Crippen molar-refractivity contribution < 1.29 is 9.18 Å². The van der Waals surface area contributed by atoms with Gasteiger partial charge in [-0.05, 0) is 43.3 Å². The van der Waals surface area contributed by atoms with Crippen LogP contribution in [0.25, 0.3) is 5.69 Å². The number of aromatic nitrogens is 1. The second kappa shape index (κ2) is 6.91. The molecule has 4 nitrogen and oxygen atoms in total. The van der Waals surface area contributed by atoms with Gasteiger partial charge in [-0.25, -0.2) is 9.82 Å². The number of halogens is 1. The average Bonchev–Trinajstić information content (AvgIpc) is 2.96. The Bertz CT molecular complexity index is 885. The van der Waals surface area contributed by atoms with Crippen molar-refractivity contribution >= 4 is 12.1 Å². The number of carbonyl (C=O) groups excluding carboxylic acids is 1. The molecular formula is C19H16FN3O. The van der Waals surface area contributed by atoms with Crippen LogP contribution >= 0.6 is 0 Å². The van der Waals surface area contributed by atoms with Gasteiger partial charge in [-0.3, -0.25) is 4.79 Å². The fourth-order valence-electron chi connectivity index (χ4n) is 2.45. The highest BCUT2D eigenvalue weighted by Crippen LogP contribution is 2.15. The van der Waals surface area contributed by atoms with Gasteiger partial charge in [-0.1, -0.05) is 30.3 Å². The number of benzene rings is 2. The Labute approximate surface area is 139 Å². The van der Waals surface area contributed by atoms with Crippen molar-refractivity contribution in [2.24, 2.45) is 5.10 Å². The average molecular weight is 321 g/mol. The van der Waals surface area contributed by atoms with E-state index in [1.807, 2.05) is 54.0 Å². The molecule has 0 unspecified atom stereocenters. The van der Waals surface area contributed by atoms with Crippen LogP contribution < -0.4 is 5.43 Å². The standard InChI is InChI=1S/C19H16FN3O/c1-14-11-12-16(23(14)15-7-3-2-4-8-15)13-21-22-19(24)17-9-5-6-10-18(17)20/h2-13H,1H3,(H,22,24)/b21-13+. The molecule has 0 fully saturated rings. The first kappa shape index (κ1) is 15.7. The van der Waals surface area contributed by atoms with Crippen molar-refractivity contribution in [2.75, 3.05) is 0 Å². The molecule has 120 valence electrons. The second-order valence-corrected chi connectivity index (χ2v) is 5.25. The summed E-state index contributed by atoms with van der Waals surface area (Å²) in [6, 6.07) is 19.5. The number of rotatable bonds is 4. The number of aryl methyl sites for hydroxylation is 1. The molecule has 0 aliphatic rings. The van der Waals surface area contributed by atoms with Crippen molar-refractivity contribution in [3.05, 3.63) is 89.5 Å². The molecule has 3 aromatic rings. The molecule has 1 N–H and O–H groups in total. The van der Waals surface area contributed by atoms with E-state index in [-0.39, 0.29) is 5.56 Å². The first-order valence-corrected chi connectivity index (χ1v) is 7.48. The van der Waals surface area contributed by atoms with E-state index in [0.29, 0.717) is 0 Å². The van der Waals surface area contributed by atoms with Gasteiger partial charge in [0.1, 0.15) is 5.82 Å². The molecule has 2 aromatic carbocycles. The van der Waals surface area contributed by atoms with Crippen molar-refractivity contribution in [3.8, 4) is 5.69 Å². The summed E-state index contributed by atoms with van der Waals surface area (Å²) < 4.78 is 15.6. The lowest BCUT2D eigenvalue weighted by Gasteiger charge is -2.08. The number of hydrogen-bond acceptors (Lipinski definition) is 2. The van der Waals surface area contributed by atoms with E-state index in [1.165, 1.54) is 18.2 Å². The predicted molar refractivity (Wildman–Crippen MR) is 92.0 cm³/mol. The summed E-state index contributed by atoms with van der Waals surface area (Å²) in [5.74, 6) is -1.16. The van der Waals surface area contributed by atoms with E-state index in [0.717, 1.165) is 17.1 Å². The van der Waals surface area contributed by atoms with Crippen molar-refractivity contribution in [2.45, 2.75) is 6.92 Å². The molecule has 1 heterocycles. The minimum Gasteiger partial charge on any atom is -0.313 e. The van der Waals surface area contributed by atoms with Gasteiger partial charge in [0.2, 0.25) is 0 Å². The van der Waals surface area contributed by atoms with Gasteiger partial charge >= 0.3 is 0 Å². The van der Waals surface area contributed by atoms with Gasteiger partial charge in [-0.2, -0.15) is 5.10 Å². The molecule has 0 saturated heterocycles. The normalized spacial score (nSPS) is 10.9.